The molecule has 1 aromatic carbocycles. The Balaban J connectivity index is 1.29. The molecule has 4 nitrogen and oxygen atoms in total. The Hall–Kier alpha value is -1.46. The van der Waals surface area contributed by atoms with E-state index in [-0.39, 0.29) is 5.91 Å². The first-order valence-electron chi connectivity index (χ1n) is 9.06. The van der Waals surface area contributed by atoms with Crippen LogP contribution in [0, 0.1) is 5.92 Å². The Bertz CT molecular complexity index is 683. The van der Waals surface area contributed by atoms with E-state index in [2.05, 4.69) is 41.4 Å². The molecule has 1 saturated heterocycles. The topological polar surface area (TPSA) is 45.2 Å². The van der Waals surface area contributed by atoms with E-state index in [1.807, 2.05) is 11.3 Å². The van der Waals surface area contributed by atoms with E-state index >= 15 is 0 Å². The zero-order valence-corrected chi connectivity index (χ0v) is 15.0. The lowest BCUT2D eigenvalue weighted by Gasteiger charge is -2.30. The fourth-order valence-corrected chi connectivity index (χ4v) is 4.76. The molecule has 1 aliphatic heterocycles. The van der Waals surface area contributed by atoms with E-state index in [0.717, 1.165) is 37.4 Å². The number of thiazole rings is 1. The average molecular weight is 343 g/mol. The van der Waals surface area contributed by atoms with Crippen LogP contribution < -0.4 is 5.32 Å². The highest BCUT2D eigenvalue weighted by molar-refractivity contribution is 7.18. The summed E-state index contributed by atoms with van der Waals surface area (Å²) in [7, 11) is 0. The van der Waals surface area contributed by atoms with Crippen LogP contribution in [0.2, 0.25) is 0 Å². The SMILES string of the molecule is C[C@H](NC(=O)CN1CCC(c2nc3ccccc3s2)CC1)C1CC1. The van der Waals surface area contributed by atoms with Crippen LogP contribution in [0.15, 0.2) is 24.3 Å². The van der Waals surface area contributed by atoms with Crippen molar-refractivity contribution in [1.29, 1.82) is 0 Å². The lowest BCUT2D eigenvalue weighted by atomic mass is 9.97. The van der Waals surface area contributed by atoms with Gasteiger partial charge in [-0.05, 0) is 63.7 Å². The second kappa shape index (κ2) is 6.81. The van der Waals surface area contributed by atoms with Gasteiger partial charge in [0.05, 0.1) is 21.8 Å². The monoisotopic (exact) mass is 343 g/mol. The molecule has 5 heteroatoms. The van der Waals surface area contributed by atoms with Crippen molar-refractivity contribution < 1.29 is 4.79 Å². The number of benzene rings is 1. The summed E-state index contributed by atoms with van der Waals surface area (Å²) in [5.41, 5.74) is 1.12. The van der Waals surface area contributed by atoms with Crippen LogP contribution in [0.5, 0.6) is 0 Å². The molecular weight excluding hydrogens is 318 g/mol. The summed E-state index contributed by atoms with van der Waals surface area (Å²) in [6, 6.07) is 8.72. The lowest BCUT2D eigenvalue weighted by molar-refractivity contribution is -0.123. The minimum absolute atomic E-state index is 0.188. The average Bonchev–Trinajstić information content (AvgIpc) is 3.34. The van der Waals surface area contributed by atoms with Crippen LogP contribution in [-0.2, 0) is 4.79 Å². The largest absolute Gasteiger partial charge is 0.352 e. The van der Waals surface area contributed by atoms with E-state index in [4.69, 9.17) is 4.98 Å². The van der Waals surface area contributed by atoms with Crippen molar-refractivity contribution in [2.45, 2.75) is 44.6 Å². The number of hydrogen-bond acceptors (Lipinski definition) is 4. The predicted molar refractivity (Wildman–Crippen MR) is 98.4 cm³/mol. The first kappa shape index (κ1) is 16.0. The summed E-state index contributed by atoms with van der Waals surface area (Å²) >= 11 is 1.83. The zero-order chi connectivity index (χ0) is 16.5. The number of aromatic nitrogens is 1. The predicted octanol–water partition coefficient (Wildman–Crippen LogP) is 3.39. The summed E-state index contributed by atoms with van der Waals surface area (Å²) in [6.07, 6.45) is 4.75. The first-order valence-corrected chi connectivity index (χ1v) is 9.88. The van der Waals surface area contributed by atoms with E-state index < -0.39 is 0 Å². The maximum absolute atomic E-state index is 12.2. The third kappa shape index (κ3) is 3.62. The van der Waals surface area contributed by atoms with Crippen LogP contribution >= 0.6 is 11.3 Å². The molecule has 4 rings (SSSR count). The van der Waals surface area contributed by atoms with Crippen molar-refractivity contribution in [3.05, 3.63) is 29.3 Å². The highest BCUT2D eigenvalue weighted by Gasteiger charge is 2.30. The van der Waals surface area contributed by atoms with Gasteiger partial charge in [-0.15, -0.1) is 11.3 Å². The van der Waals surface area contributed by atoms with Gasteiger partial charge in [0, 0.05) is 12.0 Å². The molecule has 2 aliphatic rings. The van der Waals surface area contributed by atoms with E-state index in [9.17, 15) is 4.79 Å². The molecule has 2 fully saturated rings. The second-order valence-electron chi connectivity index (χ2n) is 7.26. The molecule has 0 radical (unpaired) electrons. The third-order valence-electron chi connectivity index (χ3n) is 5.33. The van der Waals surface area contributed by atoms with Gasteiger partial charge in [-0.3, -0.25) is 9.69 Å². The van der Waals surface area contributed by atoms with Crippen molar-refractivity contribution in [2.24, 2.45) is 5.92 Å². The molecular formula is C19H25N3OS. The van der Waals surface area contributed by atoms with Gasteiger partial charge in [0.25, 0.3) is 0 Å². The van der Waals surface area contributed by atoms with Gasteiger partial charge in [-0.2, -0.15) is 0 Å². The van der Waals surface area contributed by atoms with Gasteiger partial charge in [0.2, 0.25) is 5.91 Å². The van der Waals surface area contributed by atoms with Crippen LogP contribution in [0.25, 0.3) is 10.2 Å². The molecule has 1 aromatic heterocycles. The molecule has 1 aliphatic carbocycles. The number of likely N-dealkylation sites (tertiary alicyclic amines) is 1. The number of carbonyl (C=O) groups excluding carboxylic acids is 1. The lowest BCUT2D eigenvalue weighted by Crippen LogP contribution is -2.44. The van der Waals surface area contributed by atoms with Gasteiger partial charge in [0.1, 0.15) is 0 Å². The minimum atomic E-state index is 0.188. The van der Waals surface area contributed by atoms with Crippen LogP contribution in [0.3, 0.4) is 0 Å². The Morgan fingerprint density at radius 2 is 2.04 bits per heavy atom. The Kier molecular flexibility index (Phi) is 4.55. The van der Waals surface area contributed by atoms with Crippen LogP contribution in [-0.4, -0.2) is 41.5 Å². The molecule has 0 unspecified atom stereocenters. The number of rotatable bonds is 5. The van der Waals surface area contributed by atoms with Gasteiger partial charge < -0.3 is 5.32 Å². The summed E-state index contributed by atoms with van der Waals surface area (Å²) in [5.74, 6) is 1.46. The molecule has 1 N–H and O–H groups in total. The van der Waals surface area contributed by atoms with Crippen molar-refractivity contribution in [2.75, 3.05) is 19.6 Å². The molecule has 24 heavy (non-hydrogen) atoms. The number of hydrogen-bond donors (Lipinski definition) is 1. The fourth-order valence-electron chi connectivity index (χ4n) is 3.62. The molecule has 2 aromatic rings. The number of fused-ring (bicyclic) bond motifs is 1. The van der Waals surface area contributed by atoms with Crippen molar-refractivity contribution in [1.82, 2.24) is 15.2 Å². The molecule has 0 spiro atoms. The summed E-state index contributed by atoms with van der Waals surface area (Å²) in [4.78, 5) is 19.3. The van der Waals surface area contributed by atoms with E-state index in [1.165, 1.54) is 22.5 Å². The molecule has 2 heterocycles. The highest BCUT2D eigenvalue weighted by atomic mass is 32.1. The number of carbonyl (C=O) groups is 1. The van der Waals surface area contributed by atoms with Gasteiger partial charge >= 0.3 is 0 Å². The Labute approximate surface area is 147 Å². The summed E-state index contributed by atoms with van der Waals surface area (Å²) < 4.78 is 1.28. The maximum Gasteiger partial charge on any atom is 0.234 e. The Morgan fingerprint density at radius 3 is 2.75 bits per heavy atom. The fraction of sp³-hybridized carbons (Fsp3) is 0.579. The maximum atomic E-state index is 12.2. The second-order valence-corrected chi connectivity index (χ2v) is 8.33. The van der Waals surface area contributed by atoms with Crippen molar-refractivity contribution >= 4 is 27.5 Å². The number of para-hydroxylation sites is 1. The molecule has 1 atom stereocenters. The molecule has 1 amide bonds. The zero-order valence-electron chi connectivity index (χ0n) is 14.2. The first-order chi connectivity index (χ1) is 11.7. The summed E-state index contributed by atoms with van der Waals surface area (Å²) in [5, 5.41) is 4.43. The van der Waals surface area contributed by atoms with Gasteiger partial charge in [-0.1, -0.05) is 12.1 Å². The summed E-state index contributed by atoms with van der Waals surface area (Å²) in [6.45, 7) is 4.66. The van der Waals surface area contributed by atoms with E-state index in [0.29, 0.717) is 18.5 Å². The smallest absolute Gasteiger partial charge is 0.234 e. The van der Waals surface area contributed by atoms with Crippen molar-refractivity contribution in [3.63, 3.8) is 0 Å². The molecule has 0 bridgehead atoms. The normalized spacial score (nSPS) is 21.0. The van der Waals surface area contributed by atoms with Gasteiger partial charge in [-0.25, -0.2) is 4.98 Å². The quantitative estimate of drug-likeness (QED) is 0.905. The molecule has 128 valence electrons. The van der Waals surface area contributed by atoms with E-state index in [1.54, 1.807) is 0 Å². The Morgan fingerprint density at radius 1 is 1.29 bits per heavy atom. The highest BCUT2D eigenvalue weighted by Crippen LogP contribution is 2.34. The standard InChI is InChI=1S/C19H25N3OS/c1-13(14-6-7-14)20-18(23)12-22-10-8-15(9-11-22)19-21-16-4-2-3-5-17(16)24-19/h2-5,13-15H,6-12H2,1H3,(H,20,23)/t13-/m0/s1. The van der Waals surface area contributed by atoms with Crippen molar-refractivity contribution in [3.8, 4) is 0 Å². The third-order valence-corrected chi connectivity index (χ3v) is 6.53. The number of nitrogens with one attached hydrogen (secondary N) is 1. The number of amides is 1. The molecule has 1 saturated carbocycles. The minimum Gasteiger partial charge on any atom is -0.352 e. The van der Waals surface area contributed by atoms with Crippen LogP contribution in [0.4, 0.5) is 0 Å². The van der Waals surface area contributed by atoms with Crippen LogP contribution in [0.1, 0.15) is 43.5 Å². The number of piperidine rings is 1. The van der Waals surface area contributed by atoms with Gasteiger partial charge in [0.15, 0.2) is 0 Å². The number of nitrogens with zero attached hydrogens (tertiary/aromatic N) is 2.